The Morgan fingerprint density at radius 1 is 0.844 bits per heavy atom. The zero-order valence-electron chi connectivity index (χ0n) is 18.3. The minimum Gasteiger partial charge on any atom is -0.294 e. The first-order valence-corrected chi connectivity index (χ1v) is 12.0. The summed E-state index contributed by atoms with van der Waals surface area (Å²) in [5, 5.41) is 12.5. The lowest BCUT2D eigenvalue weighted by molar-refractivity contribution is -0.386. The van der Waals surface area contributed by atoms with Gasteiger partial charge in [0.25, 0.3) is 5.69 Å². The number of nitrogens with zero attached hydrogens (tertiary/aromatic N) is 3. The van der Waals surface area contributed by atoms with Crippen molar-refractivity contribution in [3.63, 3.8) is 0 Å². The third-order valence-corrected chi connectivity index (χ3v) is 6.97. The second kappa shape index (κ2) is 10.6. The van der Waals surface area contributed by atoms with Gasteiger partial charge in [-0.25, -0.2) is 0 Å². The van der Waals surface area contributed by atoms with E-state index in [0.717, 1.165) is 64.7 Å². The van der Waals surface area contributed by atoms with E-state index in [2.05, 4.69) is 9.80 Å². The highest BCUT2D eigenvalue weighted by atomic mass is 35.5. The molecule has 2 fully saturated rings. The van der Waals surface area contributed by atoms with Gasteiger partial charge in [0.2, 0.25) is 0 Å². The highest BCUT2D eigenvalue weighted by Gasteiger charge is 2.41. The number of nitro groups is 1. The molecule has 0 N–H and O–H groups in total. The number of piperidine rings is 2. The topological polar surface area (TPSA) is 66.7 Å². The van der Waals surface area contributed by atoms with Crippen LogP contribution in [0.1, 0.15) is 60.5 Å². The number of carbonyl (C=O) groups excluding carboxylic acids is 1. The Labute approximate surface area is 194 Å². The van der Waals surface area contributed by atoms with Gasteiger partial charge in [-0.2, -0.15) is 0 Å². The number of benzene rings is 2. The zero-order chi connectivity index (χ0) is 22.5. The number of halogens is 1. The molecule has 32 heavy (non-hydrogen) atoms. The van der Waals surface area contributed by atoms with Crippen molar-refractivity contribution in [2.75, 3.05) is 26.2 Å². The van der Waals surface area contributed by atoms with Gasteiger partial charge < -0.3 is 0 Å². The van der Waals surface area contributed by atoms with Gasteiger partial charge in [-0.3, -0.25) is 24.7 Å². The molecule has 0 amide bonds. The summed E-state index contributed by atoms with van der Waals surface area (Å²) in [5.74, 6) is 0.0114. The van der Waals surface area contributed by atoms with Crippen molar-refractivity contribution in [2.24, 2.45) is 0 Å². The molecule has 2 atom stereocenters. The second-order valence-electron chi connectivity index (χ2n) is 8.77. The molecule has 4 rings (SSSR count). The van der Waals surface area contributed by atoms with E-state index in [9.17, 15) is 14.9 Å². The van der Waals surface area contributed by atoms with Crippen LogP contribution in [0, 0.1) is 10.1 Å². The Morgan fingerprint density at radius 2 is 1.41 bits per heavy atom. The number of Topliss-reactive ketones (excluding diaryl/α,β-unsaturated/α-hetero) is 1. The highest BCUT2D eigenvalue weighted by molar-refractivity contribution is 6.30. The lowest BCUT2D eigenvalue weighted by Gasteiger charge is -2.44. The molecule has 0 saturated carbocycles. The average molecular weight is 456 g/mol. The van der Waals surface area contributed by atoms with Gasteiger partial charge >= 0.3 is 0 Å². The maximum absolute atomic E-state index is 14.0. The van der Waals surface area contributed by atoms with Crippen molar-refractivity contribution in [3.8, 4) is 0 Å². The van der Waals surface area contributed by atoms with Crippen LogP contribution in [0.5, 0.6) is 0 Å². The first-order valence-electron chi connectivity index (χ1n) is 11.6. The number of likely N-dealkylation sites (tertiary alicyclic amines) is 2. The fraction of sp³-hybridized carbons (Fsp3) is 0.480. The number of para-hydroxylation sites is 1. The van der Waals surface area contributed by atoms with Crippen LogP contribution in [-0.2, 0) is 0 Å². The minimum atomic E-state index is -0.476. The fourth-order valence-electron chi connectivity index (χ4n) is 5.16. The van der Waals surface area contributed by atoms with E-state index in [1.54, 1.807) is 36.4 Å². The maximum atomic E-state index is 14.0. The SMILES string of the molecule is O=C(c1ccc(Cl)cc1)[C@@H]([C@@H](c1ccccc1[N+](=O)[O-])N1CCCCC1)N1CCCCC1. The summed E-state index contributed by atoms with van der Waals surface area (Å²) in [7, 11) is 0. The molecule has 0 unspecified atom stereocenters. The molecule has 0 spiro atoms. The monoisotopic (exact) mass is 455 g/mol. The van der Waals surface area contributed by atoms with E-state index in [1.807, 2.05) is 12.1 Å². The summed E-state index contributed by atoms with van der Waals surface area (Å²) in [6, 6.07) is 13.1. The van der Waals surface area contributed by atoms with Gasteiger partial charge in [0, 0.05) is 22.2 Å². The molecule has 0 bridgehead atoms. The van der Waals surface area contributed by atoms with Crippen LogP contribution < -0.4 is 0 Å². The second-order valence-corrected chi connectivity index (χ2v) is 9.21. The van der Waals surface area contributed by atoms with E-state index in [4.69, 9.17) is 11.6 Å². The molecule has 2 heterocycles. The zero-order valence-corrected chi connectivity index (χ0v) is 19.0. The van der Waals surface area contributed by atoms with Crippen molar-refractivity contribution in [2.45, 2.75) is 50.6 Å². The predicted molar refractivity (Wildman–Crippen MR) is 126 cm³/mol. The molecule has 2 aromatic carbocycles. The molecule has 7 heteroatoms. The molecule has 0 aromatic heterocycles. The standard InChI is InChI=1S/C25H30ClN3O3/c26-20-13-11-19(12-14-20)25(30)24(28-17-7-2-8-18-28)23(27-15-5-1-6-16-27)21-9-3-4-10-22(21)29(31)32/h3-4,9-14,23-24H,1-2,5-8,15-18H2/t23-,24-/m1/s1. The van der Waals surface area contributed by atoms with E-state index < -0.39 is 6.04 Å². The predicted octanol–water partition coefficient (Wildman–Crippen LogP) is 5.51. The van der Waals surface area contributed by atoms with Crippen molar-refractivity contribution >= 4 is 23.1 Å². The maximum Gasteiger partial charge on any atom is 0.274 e. The average Bonchev–Trinajstić information content (AvgIpc) is 2.83. The Morgan fingerprint density at radius 3 is 2.00 bits per heavy atom. The number of hydrogen-bond donors (Lipinski definition) is 0. The molecule has 2 aliphatic heterocycles. The van der Waals surface area contributed by atoms with Gasteiger partial charge in [0.15, 0.2) is 5.78 Å². The van der Waals surface area contributed by atoms with E-state index >= 15 is 0 Å². The number of rotatable bonds is 7. The van der Waals surface area contributed by atoms with Crippen LogP contribution in [0.25, 0.3) is 0 Å². The van der Waals surface area contributed by atoms with Crippen molar-refractivity contribution in [3.05, 3.63) is 74.8 Å². The van der Waals surface area contributed by atoms with Crippen LogP contribution in [0.3, 0.4) is 0 Å². The molecule has 2 saturated heterocycles. The first kappa shape index (κ1) is 22.9. The summed E-state index contributed by atoms with van der Waals surface area (Å²) < 4.78 is 0. The summed E-state index contributed by atoms with van der Waals surface area (Å²) >= 11 is 6.08. The van der Waals surface area contributed by atoms with Crippen LogP contribution in [0.4, 0.5) is 5.69 Å². The third-order valence-electron chi connectivity index (χ3n) is 6.72. The summed E-state index contributed by atoms with van der Waals surface area (Å²) in [6.07, 6.45) is 6.46. The summed E-state index contributed by atoms with van der Waals surface area (Å²) in [6.45, 7) is 3.34. The van der Waals surface area contributed by atoms with Gasteiger partial charge in [-0.05, 0) is 76.1 Å². The van der Waals surface area contributed by atoms with E-state index in [0.29, 0.717) is 16.1 Å². The number of ketones is 1. The van der Waals surface area contributed by atoms with Crippen LogP contribution in [-0.4, -0.2) is 52.7 Å². The van der Waals surface area contributed by atoms with Gasteiger partial charge in [0.05, 0.1) is 17.0 Å². The lowest BCUT2D eigenvalue weighted by atomic mass is 9.87. The molecular formula is C25H30ClN3O3. The van der Waals surface area contributed by atoms with Gasteiger partial charge in [-0.1, -0.05) is 42.6 Å². The molecule has 2 aliphatic rings. The number of carbonyl (C=O) groups is 1. The normalized spacial score (nSPS) is 19.9. The quantitative estimate of drug-likeness (QED) is 0.312. The lowest BCUT2D eigenvalue weighted by Crippen LogP contribution is -2.53. The Hall–Kier alpha value is -2.28. The summed E-state index contributed by atoms with van der Waals surface area (Å²) in [5.41, 5.74) is 1.33. The smallest absolute Gasteiger partial charge is 0.274 e. The number of nitro benzene ring substituents is 1. The van der Waals surface area contributed by atoms with Crippen LogP contribution in [0.2, 0.25) is 5.02 Å². The van der Waals surface area contributed by atoms with Gasteiger partial charge in [0.1, 0.15) is 0 Å². The molecule has 0 radical (unpaired) electrons. The molecular weight excluding hydrogens is 426 g/mol. The van der Waals surface area contributed by atoms with Crippen molar-refractivity contribution in [1.82, 2.24) is 9.80 Å². The molecule has 0 aliphatic carbocycles. The van der Waals surface area contributed by atoms with E-state index in [1.165, 1.54) is 0 Å². The fourth-order valence-corrected chi connectivity index (χ4v) is 5.28. The Kier molecular flexibility index (Phi) is 7.55. The molecule has 170 valence electrons. The van der Waals surface area contributed by atoms with Crippen molar-refractivity contribution < 1.29 is 9.72 Å². The van der Waals surface area contributed by atoms with Crippen LogP contribution in [0.15, 0.2) is 48.5 Å². The highest BCUT2D eigenvalue weighted by Crippen LogP contribution is 2.37. The summed E-state index contributed by atoms with van der Waals surface area (Å²) in [4.78, 5) is 30.2. The van der Waals surface area contributed by atoms with Gasteiger partial charge in [-0.15, -0.1) is 0 Å². The third kappa shape index (κ3) is 5.03. The Balaban J connectivity index is 1.83. The number of hydrogen-bond acceptors (Lipinski definition) is 5. The van der Waals surface area contributed by atoms with Crippen molar-refractivity contribution in [1.29, 1.82) is 0 Å². The molecule has 6 nitrogen and oxygen atoms in total. The Bertz CT molecular complexity index is 938. The largest absolute Gasteiger partial charge is 0.294 e. The van der Waals surface area contributed by atoms with E-state index in [-0.39, 0.29) is 22.4 Å². The minimum absolute atomic E-state index is 0.0114. The van der Waals surface area contributed by atoms with Crippen LogP contribution >= 0.6 is 11.6 Å². The molecule has 2 aromatic rings. The first-order chi connectivity index (χ1) is 15.6.